The van der Waals surface area contributed by atoms with E-state index in [1.165, 1.54) is 36.3 Å². The van der Waals surface area contributed by atoms with Gasteiger partial charge in [0.2, 0.25) is 0 Å². The van der Waals surface area contributed by atoms with E-state index in [0.29, 0.717) is 11.0 Å². The molecule has 4 heteroatoms. The summed E-state index contributed by atoms with van der Waals surface area (Å²) in [6.45, 7) is 2.35. The fraction of sp³-hybridized carbons (Fsp3) is 0.562. The first-order valence-corrected chi connectivity index (χ1v) is 8.87. The van der Waals surface area contributed by atoms with Crippen LogP contribution >= 0.6 is 24.0 Å². The van der Waals surface area contributed by atoms with Gasteiger partial charge in [-0.1, -0.05) is 38.0 Å². The summed E-state index contributed by atoms with van der Waals surface area (Å²) in [4.78, 5) is 4.07. The lowest BCUT2D eigenvalue weighted by Crippen LogP contribution is -2.36. The standard InChI is InChI=1S/C16H24N2S2/c1-11-6-4-7-12(10-11)18(2)13-8-5-9-14(20-3)15(13)16(17)19/h5,8-9,11-12H,4,6-7,10H2,1-3H3,(H2,17,19). The number of benzene rings is 1. The molecular weight excluding hydrogens is 284 g/mol. The van der Waals surface area contributed by atoms with Gasteiger partial charge in [-0.15, -0.1) is 11.8 Å². The maximum Gasteiger partial charge on any atom is 0.107 e. The van der Waals surface area contributed by atoms with Gasteiger partial charge in [0.25, 0.3) is 0 Å². The molecule has 110 valence electrons. The van der Waals surface area contributed by atoms with Crippen LogP contribution < -0.4 is 10.6 Å². The van der Waals surface area contributed by atoms with Crippen LogP contribution in [0.25, 0.3) is 0 Å². The van der Waals surface area contributed by atoms with E-state index in [1.807, 2.05) is 0 Å². The summed E-state index contributed by atoms with van der Waals surface area (Å²) in [5.74, 6) is 0.813. The first-order chi connectivity index (χ1) is 9.54. The van der Waals surface area contributed by atoms with E-state index in [1.54, 1.807) is 11.8 Å². The zero-order valence-electron chi connectivity index (χ0n) is 12.6. The Balaban J connectivity index is 2.33. The van der Waals surface area contributed by atoms with Crippen molar-refractivity contribution < 1.29 is 0 Å². The minimum absolute atomic E-state index is 0.501. The van der Waals surface area contributed by atoms with Gasteiger partial charge in [-0.2, -0.15) is 0 Å². The molecule has 2 atom stereocenters. The normalized spacial score (nSPS) is 22.6. The predicted octanol–water partition coefficient (Wildman–Crippen LogP) is 4.06. The zero-order valence-corrected chi connectivity index (χ0v) is 14.2. The molecule has 1 aliphatic rings. The lowest BCUT2D eigenvalue weighted by Gasteiger charge is -2.36. The average molecular weight is 309 g/mol. The van der Waals surface area contributed by atoms with E-state index in [2.05, 4.69) is 43.3 Å². The first kappa shape index (κ1) is 15.6. The van der Waals surface area contributed by atoms with Crippen LogP contribution in [0.5, 0.6) is 0 Å². The molecule has 1 aromatic carbocycles. The van der Waals surface area contributed by atoms with E-state index >= 15 is 0 Å². The Labute approximate surface area is 132 Å². The van der Waals surface area contributed by atoms with Gasteiger partial charge >= 0.3 is 0 Å². The third-order valence-corrected chi connectivity index (χ3v) is 5.29. The number of nitrogens with zero attached hydrogens (tertiary/aromatic N) is 1. The van der Waals surface area contributed by atoms with Crippen LogP contribution in [-0.2, 0) is 0 Å². The summed E-state index contributed by atoms with van der Waals surface area (Å²) < 4.78 is 0. The second kappa shape index (κ2) is 6.81. The lowest BCUT2D eigenvalue weighted by atomic mass is 9.86. The van der Waals surface area contributed by atoms with Crippen molar-refractivity contribution >= 4 is 34.7 Å². The molecule has 0 aromatic heterocycles. The van der Waals surface area contributed by atoms with Crippen molar-refractivity contribution in [1.82, 2.24) is 0 Å². The molecule has 0 bridgehead atoms. The van der Waals surface area contributed by atoms with Crippen molar-refractivity contribution in [1.29, 1.82) is 0 Å². The molecule has 1 aromatic rings. The van der Waals surface area contributed by atoms with Gasteiger partial charge in [0.05, 0.1) is 0 Å². The molecule has 2 nitrogen and oxygen atoms in total. The Hall–Kier alpha value is -0.740. The first-order valence-electron chi connectivity index (χ1n) is 7.24. The van der Waals surface area contributed by atoms with Crippen LogP contribution in [0, 0.1) is 5.92 Å². The minimum atomic E-state index is 0.501. The number of nitrogens with two attached hydrogens (primary N) is 1. The fourth-order valence-corrected chi connectivity index (χ4v) is 4.09. The number of hydrogen-bond acceptors (Lipinski definition) is 3. The third kappa shape index (κ3) is 3.29. The van der Waals surface area contributed by atoms with Crippen molar-refractivity contribution in [3.8, 4) is 0 Å². The van der Waals surface area contributed by atoms with Crippen LogP contribution in [0.15, 0.2) is 23.1 Å². The largest absolute Gasteiger partial charge is 0.389 e. The van der Waals surface area contributed by atoms with Crippen LogP contribution in [0.1, 0.15) is 38.2 Å². The molecule has 1 saturated carbocycles. The Bertz CT molecular complexity index is 487. The van der Waals surface area contributed by atoms with Crippen molar-refractivity contribution in [2.45, 2.75) is 43.5 Å². The summed E-state index contributed by atoms with van der Waals surface area (Å²) in [6, 6.07) is 6.95. The second-order valence-corrected chi connectivity index (χ2v) is 7.04. The van der Waals surface area contributed by atoms with Crippen molar-refractivity contribution in [2.24, 2.45) is 11.7 Å². The number of thiocarbonyl (C=S) groups is 1. The summed E-state index contributed by atoms with van der Waals surface area (Å²) >= 11 is 6.99. The van der Waals surface area contributed by atoms with Gasteiger partial charge in [0.15, 0.2) is 0 Å². The van der Waals surface area contributed by atoms with Gasteiger partial charge in [-0.3, -0.25) is 0 Å². The van der Waals surface area contributed by atoms with Crippen molar-refractivity contribution in [3.05, 3.63) is 23.8 Å². The number of rotatable bonds is 4. The van der Waals surface area contributed by atoms with Crippen LogP contribution in [0.4, 0.5) is 5.69 Å². The SMILES string of the molecule is CSc1cccc(N(C)C2CCCC(C)C2)c1C(N)=S. The average Bonchev–Trinajstić information content (AvgIpc) is 2.45. The molecule has 0 heterocycles. The van der Waals surface area contributed by atoms with E-state index in [0.717, 1.165) is 11.5 Å². The highest BCUT2D eigenvalue weighted by Gasteiger charge is 2.25. The molecule has 20 heavy (non-hydrogen) atoms. The van der Waals surface area contributed by atoms with E-state index in [4.69, 9.17) is 18.0 Å². The van der Waals surface area contributed by atoms with Gasteiger partial charge in [0, 0.05) is 29.2 Å². The highest BCUT2D eigenvalue weighted by molar-refractivity contribution is 7.98. The zero-order chi connectivity index (χ0) is 14.7. The van der Waals surface area contributed by atoms with Gasteiger partial charge < -0.3 is 10.6 Å². The molecular formula is C16H24N2S2. The lowest BCUT2D eigenvalue weighted by molar-refractivity contribution is 0.336. The summed E-state index contributed by atoms with van der Waals surface area (Å²) in [7, 11) is 2.18. The van der Waals surface area contributed by atoms with E-state index in [-0.39, 0.29) is 0 Å². The van der Waals surface area contributed by atoms with Gasteiger partial charge in [0.1, 0.15) is 4.99 Å². The quantitative estimate of drug-likeness (QED) is 0.671. The van der Waals surface area contributed by atoms with Gasteiger partial charge in [-0.25, -0.2) is 0 Å². The second-order valence-electron chi connectivity index (χ2n) is 5.76. The summed E-state index contributed by atoms with van der Waals surface area (Å²) in [5.41, 5.74) is 8.20. The molecule has 0 aliphatic heterocycles. The molecule has 0 spiro atoms. The van der Waals surface area contributed by atoms with Crippen LogP contribution in [0.2, 0.25) is 0 Å². The van der Waals surface area contributed by atoms with E-state index in [9.17, 15) is 0 Å². The monoisotopic (exact) mass is 308 g/mol. The Morgan fingerprint density at radius 3 is 2.75 bits per heavy atom. The number of anilines is 1. The topological polar surface area (TPSA) is 29.3 Å². The summed E-state index contributed by atoms with van der Waals surface area (Å²) in [6.07, 6.45) is 7.28. The molecule has 0 saturated heterocycles. The molecule has 0 radical (unpaired) electrons. The molecule has 1 fully saturated rings. The molecule has 0 amide bonds. The number of thioether (sulfide) groups is 1. The van der Waals surface area contributed by atoms with E-state index < -0.39 is 0 Å². The highest BCUT2D eigenvalue weighted by atomic mass is 32.2. The van der Waals surface area contributed by atoms with Crippen molar-refractivity contribution in [3.63, 3.8) is 0 Å². The molecule has 2 unspecified atom stereocenters. The fourth-order valence-electron chi connectivity index (χ4n) is 3.18. The smallest absolute Gasteiger partial charge is 0.107 e. The minimum Gasteiger partial charge on any atom is -0.389 e. The summed E-state index contributed by atoms with van der Waals surface area (Å²) in [5, 5.41) is 0. The van der Waals surface area contributed by atoms with Gasteiger partial charge in [-0.05, 0) is 37.1 Å². The molecule has 2 N–H and O–H groups in total. The van der Waals surface area contributed by atoms with Crippen molar-refractivity contribution in [2.75, 3.05) is 18.2 Å². The Morgan fingerprint density at radius 1 is 1.40 bits per heavy atom. The van der Waals surface area contributed by atoms with Crippen LogP contribution in [-0.4, -0.2) is 24.3 Å². The Morgan fingerprint density at radius 2 is 2.15 bits per heavy atom. The molecule has 2 rings (SSSR count). The molecule has 1 aliphatic carbocycles. The highest BCUT2D eigenvalue weighted by Crippen LogP contribution is 2.34. The maximum atomic E-state index is 5.98. The predicted molar refractivity (Wildman–Crippen MR) is 93.9 cm³/mol. The maximum absolute atomic E-state index is 5.98. The number of hydrogen-bond donors (Lipinski definition) is 1. The third-order valence-electron chi connectivity index (χ3n) is 4.31. The Kier molecular flexibility index (Phi) is 5.33. The van der Waals surface area contributed by atoms with Crippen LogP contribution in [0.3, 0.4) is 0 Å².